The Morgan fingerprint density at radius 1 is 1.08 bits per heavy atom. The summed E-state index contributed by atoms with van der Waals surface area (Å²) < 4.78 is 0. The highest BCUT2D eigenvalue weighted by atomic mass is 127. The van der Waals surface area contributed by atoms with Crippen LogP contribution in [0.3, 0.4) is 0 Å². The van der Waals surface area contributed by atoms with E-state index in [0.29, 0.717) is 5.92 Å². The first-order valence-corrected chi connectivity index (χ1v) is 9.62. The lowest BCUT2D eigenvalue weighted by atomic mass is 10.1. The van der Waals surface area contributed by atoms with E-state index >= 15 is 0 Å². The lowest BCUT2D eigenvalue weighted by molar-refractivity contribution is 0.134. The molecule has 0 aromatic carbocycles. The van der Waals surface area contributed by atoms with E-state index in [1.54, 1.807) is 0 Å². The van der Waals surface area contributed by atoms with Crippen LogP contribution in [0, 0.1) is 11.8 Å². The summed E-state index contributed by atoms with van der Waals surface area (Å²) in [7, 11) is 1.88. The van der Waals surface area contributed by atoms with Gasteiger partial charge in [-0.1, -0.05) is 12.8 Å². The van der Waals surface area contributed by atoms with Crippen molar-refractivity contribution in [3.8, 4) is 0 Å². The number of aliphatic hydroxyl groups is 1. The van der Waals surface area contributed by atoms with Gasteiger partial charge in [0.25, 0.3) is 0 Å². The van der Waals surface area contributed by atoms with E-state index in [9.17, 15) is 5.11 Å². The summed E-state index contributed by atoms with van der Waals surface area (Å²) in [5, 5.41) is 13.5. The molecule has 3 rings (SSSR count). The van der Waals surface area contributed by atoms with Crippen molar-refractivity contribution in [2.24, 2.45) is 16.8 Å². The van der Waals surface area contributed by atoms with Crippen LogP contribution in [-0.2, 0) is 0 Å². The molecule has 3 unspecified atom stereocenters. The quantitative estimate of drug-likeness (QED) is 0.392. The molecule has 0 aromatic rings. The molecule has 0 bridgehead atoms. The van der Waals surface area contributed by atoms with E-state index < -0.39 is 0 Å². The summed E-state index contributed by atoms with van der Waals surface area (Å²) in [4.78, 5) is 9.54. The van der Waals surface area contributed by atoms with Crippen LogP contribution in [0.2, 0.25) is 0 Å². The minimum Gasteiger partial charge on any atom is -0.393 e. The molecular formula is C18H35IN4O. The van der Waals surface area contributed by atoms with Crippen LogP contribution >= 0.6 is 24.0 Å². The van der Waals surface area contributed by atoms with Gasteiger partial charge in [0.15, 0.2) is 5.96 Å². The van der Waals surface area contributed by atoms with E-state index in [1.165, 1.54) is 45.3 Å². The van der Waals surface area contributed by atoms with Crippen molar-refractivity contribution in [1.29, 1.82) is 0 Å². The molecule has 1 saturated carbocycles. The van der Waals surface area contributed by atoms with Gasteiger partial charge in [-0.25, -0.2) is 0 Å². The highest BCUT2D eigenvalue weighted by Crippen LogP contribution is 2.25. The van der Waals surface area contributed by atoms with E-state index in [0.717, 1.165) is 50.8 Å². The van der Waals surface area contributed by atoms with Crippen molar-refractivity contribution in [2.75, 3.05) is 46.3 Å². The van der Waals surface area contributed by atoms with Gasteiger partial charge in [0.05, 0.1) is 6.10 Å². The number of nitrogens with one attached hydrogen (secondary N) is 1. The van der Waals surface area contributed by atoms with Crippen LogP contribution in [0.4, 0.5) is 0 Å². The fourth-order valence-corrected chi connectivity index (χ4v) is 4.49. The zero-order valence-electron chi connectivity index (χ0n) is 15.1. The summed E-state index contributed by atoms with van der Waals surface area (Å²) in [6.07, 6.45) is 8.60. The Morgan fingerprint density at radius 2 is 1.88 bits per heavy atom. The lowest BCUT2D eigenvalue weighted by Crippen LogP contribution is -2.43. The van der Waals surface area contributed by atoms with Crippen LogP contribution in [0.1, 0.15) is 44.9 Å². The summed E-state index contributed by atoms with van der Waals surface area (Å²) in [6.45, 7) is 6.96. The number of aliphatic hydroxyl groups excluding tert-OH is 1. The molecule has 0 spiro atoms. The molecule has 2 heterocycles. The summed E-state index contributed by atoms with van der Waals surface area (Å²) >= 11 is 0. The fraction of sp³-hybridized carbons (Fsp3) is 0.944. The number of piperidine rings is 1. The third-order valence-electron chi connectivity index (χ3n) is 5.90. The van der Waals surface area contributed by atoms with Crippen molar-refractivity contribution in [3.63, 3.8) is 0 Å². The molecular weight excluding hydrogens is 415 g/mol. The van der Waals surface area contributed by atoms with Crippen molar-refractivity contribution < 1.29 is 5.11 Å². The molecule has 5 nitrogen and oxygen atoms in total. The first kappa shape index (κ1) is 20.2. The lowest BCUT2D eigenvalue weighted by Gasteiger charge is -2.29. The van der Waals surface area contributed by atoms with E-state index in [1.807, 2.05) is 7.05 Å². The van der Waals surface area contributed by atoms with Gasteiger partial charge < -0.3 is 20.2 Å². The molecule has 0 aromatic heterocycles. The topological polar surface area (TPSA) is 51.1 Å². The van der Waals surface area contributed by atoms with E-state index in [4.69, 9.17) is 0 Å². The SMILES string of the molecule is CN=C(NCC1CCCC1O)N1CCC(CN2CCCCC2)C1.I. The molecule has 1 aliphatic carbocycles. The fourth-order valence-electron chi connectivity index (χ4n) is 4.49. The van der Waals surface area contributed by atoms with Gasteiger partial charge in [-0.2, -0.15) is 0 Å². The molecule has 0 amide bonds. The summed E-state index contributed by atoms with van der Waals surface area (Å²) in [5.74, 6) is 2.22. The molecule has 2 N–H and O–H groups in total. The largest absolute Gasteiger partial charge is 0.393 e. The van der Waals surface area contributed by atoms with Gasteiger partial charge in [-0.15, -0.1) is 24.0 Å². The number of rotatable bonds is 4. The van der Waals surface area contributed by atoms with Crippen molar-refractivity contribution >= 4 is 29.9 Å². The third-order valence-corrected chi connectivity index (χ3v) is 5.90. The predicted octanol–water partition coefficient (Wildman–Crippen LogP) is 2.15. The molecule has 3 aliphatic rings. The van der Waals surface area contributed by atoms with Gasteiger partial charge in [0.1, 0.15) is 0 Å². The van der Waals surface area contributed by atoms with Crippen LogP contribution < -0.4 is 5.32 Å². The average Bonchev–Trinajstić information content (AvgIpc) is 3.19. The smallest absolute Gasteiger partial charge is 0.193 e. The molecule has 2 saturated heterocycles. The highest BCUT2D eigenvalue weighted by molar-refractivity contribution is 14.0. The van der Waals surface area contributed by atoms with Gasteiger partial charge in [0, 0.05) is 39.1 Å². The van der Waals surface area contributed by atoms with Crippen LogP contribution in [0.5, 0.6) is 0 Å². The van der Waals surface area contributed by atoms with E-state index in [-0.39, 0.29) is 30.1 Å². The predicted molar refractivity (Wildman–Crippen MR) is 110 cm³/mol. The zero-order valence-corrected chi connectivity index (χ0v) is 17.5. The number of likely N-dealkylation sites (tertiary alicyclic amines) is 2. The zero-order chi connectivity index (χ0) is 16.1. The summed E-state index contributed by atoms with van der Waals surface area (Å²) in [6, 6.07) is 0. The Morgan fingerprint density at radius 3 is 2.54 bits per heavy atom. The Bertz CT molecular complexity index is 400. The molecule has 2 aliphatic heterocycles. The Kier molecular flexibility index (Phi) is 8.57. The molecule has 24 heavy (non-hydrogen) atoms. The standard InChI is InChI=1S/C18H34N4O.HI/c1-19-18(20-12-16-6-5-7-17(16)23)22-11-8-15(14-22)13-21-9-3-2-4-10-21;/h15-17,23H,2-14H2,1H3,(H,19,20);1H. The first-order chi connectivity index (χ1) is 11.3. The second kappa shape index (κ2) is 10.2. The van der Waals surface area contributed by atoms with Crippen molar-refractivity contribution in [2.45, 2.75) is 51.0 Å². The van der Waals surface area contributed by atoms with Crippen LogP contribution in [0.25, 0.3) is 0 Å². The Labute approximate surface area is 164 Å². The average molecular weight is 450 g/mol. The first-order valence-electron chi connectivity index (χ1n) is 9.62. The number of halogens is 1. The molecule has 140 valence electrons. The third kappa shape index (κ3) is 5.46. The van der Waals surface area contributed by atoms with Gasteiger partial charge in [0.2, 0.25) is 0 Å². The molecule has 0 radical (unpaired) electrons. The Hall–Kier alpha value is -0.0800. The van der Waals surface area contributed by atoms with Gasteiger partial charge in [-0.3, -0.25) is 4.99 Å². The number of guanidine groups is 1. The molecule has 6 heteroatoms. The molecule has 3 fully saturated rings. The normalized spacial score (nSPS) is 32.0. The number of hydrogen-bond acceptors (Lipinski definition) is 3. The van der Waals surface area contributed by atoms with Crippen LogP contribution in [0.15, 0.2) is 4.99 Å². The second-order valence-corrected chi connectivity index (χ2v) is 7.65. The Balaban J connectivity index is 0.00000208. The van der Waals surface area contributed by atoms with Crippen molar-refractivity contribution in [1.82, 2.24) is 15.1 Å². The molecule has 3 atom stereocenters. The second-order valence-electron chi connectivity index (χ2n) is 7.65. The minimum atomic E-state index is -0.119. The number of hydrogen-bond donors (Lipinski definition) is 2. The monoisotopic (exact) mass is 450 g/mol. The number of aliphatic imine (C=N–C) groups is 1. The van der Waals surface area contributed by atoms with E-state index in [2.05, 4.69) is 20.1 Å². The van der Waals surface area contributed by atoms with Gasteiger partial charge in [-0.05, 0) is 51.1 Å². The maximum Gasteiger partial charge on any atom is 0.193 e. The maximum absolute atomic E-state index is 9.97. The minimum absolute atomic E-state index is 0. The highest BCUT2D eigenvalue weighted by Gasteiger charge is 2.29. The summed E-state index contributed by atoms with van der Waals surface area (Å²) in [5.41, 5.74) is 0. The van der Waals surface area contributed by atoms with Gasteiger partial charge >= 0.3 is 0 Å². The number of nitrogens with zero attached hydrogens (tertiary/aromatic N) is 3. The van der Waals surface area contributed by atoms with Crippen LogP contribution in [-0.4, -0.2) is 73.3 Å². The van der Waals surface area contributed by atoms with Crippen molar-refractivity contribution in [3.05, 3.63) is 0 Å². The maximum atomic E-state index is 9.97.